The Morgan fingerprint density at radius 2 is 2.00 bits per heavy atom. The van der Waals surface area contributed by atoms with Crippen molar-refractivity contribution in [2.24, 2.45) is 5.73 Å². The molecule has 6 heteroatoms. The van der Waals surface area contributed by atoms with Crippen LogP contribution in [0.25, 0.3) is 0 Å². The minimum atomic E-state index is -4.36. The zero-order valence-electron chi connectivity index (χ0n) is 7.11. The number of halogens is 3. The second-order valence-corrected chi connectivity index (χ2v) is 3.36. The molecule has 3 nitrogen and oxygen atoms in total. The maximum Gasteiger partial charge on any atom is 0.411 e. The number of amides is 1. The highest BCUT2D eigenvalue weighted by Gasteiger charge is 2.64. The summed E-state index contributed by atoms with van der Waals surface area (Å²) in [5.74, 6) is -0.755. The van der Waals surface area contributed by atoms with E-state index in [1.807, 2.05) is 5.32 Å². The smallest absolute Gasteiger partial charge is 0.341 e. The summed E-state index contributed by atoms with van der Waals surface area (Å²) in [6.45, 7) is 1.35. The molecule has 0 saturated heterocycles. The van der Waals surface area contributed by atoms with Gasteiger partial charge in [-0.1, -0.05) is 0 Å². The van der Waals surface area contributed by atoms with E-state index in [0.29, 0.717) is 0 Å². The van der Waals surface area contributed by atoms with Crippen LogP contribution in [0.4, 0.5) is 13.2 Å². The first-order valence-corrected chi connectivity index (χ1v) is 3.93. The number of nitrogens with two attached hydrogens (primary N) is 1. The summed E-state index contributed by atoms with van der Waals surface area (Å²) in [6.07, 6.45) is -4.46. The fourth-order valence-corrected chi connectivity index (χ4v) is 0.954. The van der Waals surface area contributed by atoms with Gasteiger partial charge < -0.3 is 11.1 Å². The normalized spacial score (nSPS) is 22.2. The van der Waals surface area contributed by atoms with Gasteiger partial charge in [0.05, 0.1) is 6.04 Å². The van der Waals surface area contributed by atoms with E-state index in [1.54, 1.807) is 0 Å². The van der Waals surface area contributed by atoms with Crippen LogP contribution in [0.5, 0.6) is 0 Å². The van der Waals surface area contributed by atoms with Crippen molar-refractivity contribution in [3.05, 3.63) is 0 Å². The van der Waals surface area contributed by atoms with Gasteiger partial charge in [0.1, 0.15) is 5.54 Å². The first kappa shape index (κ1) is 10.3. The molecule has 0 radical (unpaired) electrons. The largest absolute Gasteiger partial charge is 0.411 e. The van der Waals surface area contributed by atoms with Crippen LogP contribution in [0.3, 0.4) is 0 Å². The minimum Gasteiger partial charge on any atom is -0.341 e. The highest BCUT2D eigenvalue weighted by atomic mass is 19.4. The Balaban J connectivity index is 2.59. The lowest BCUT2D eigenvalue weighted by atomic mass is 10.2. The first-order chi connectivity index (χ1) is 5.78. The molecular formula is C7H11F3N2O. The lowest BCUT2D eigenvalue weighted by Gasteiger charge is -2.21. The number of nitrogens with one attached hydrogen (secondary N) is 1. The summed E-state index contributed by atoms with van der Waals surface area (Å²) < 4.78 is 36.8. The number of carbonyl (C=O) groups is 1. The van der Waals surface area contributed by atoms with Crippen molar-refractivity contribution in [1.82, 2.24) is 5.32 Å². The average molecular weight is 196 g/mol. The van der Waals surface area contributed by atoms with Crippen LogP contribution >= 0.6 is 0 Å². The maximum absolute atomic E-state index is 12.3. The Morgan fingerprint density at radius 1 is 1.54 bits per heavy atom. The van der Waals surface area contributed by atoms with Crippen LogP contribution in [0.1, 0.15) is 19.8 Å². The lowest BCUT2D eigenvalue weighted by Crippen LogP contribution is -2.52. The molecule has 0 bridgehead atoms. The Hall–Kier alpha value is -0.780. The van der Waals surface area contributed by atoms with Crippen molar-refractivity contribution in [3.63, 3.8) is 0 Å². The molecule has 0 aliphatic heterocycles. The zero-order chi connectivity index (χ0) is 10.3. The van der Waals surface area contributed by atoms with Gasteiger partial charge in [0.15, 0.2) is 0 Å². The fraction of sp³-hybridized carbons (Fsp3) is 0.857. The molecule has 0 heterocycles. The van der Waals surface area contributed by atoms with Crippen LogP contribution in [-0.4, -0.2) is 23.7 Å². The summed E-state index contributed by atoms with van der Waals surface area (Å²) in [6, 6.07) is -0.903. The van der Waals surface area contributed by atoms with Gasteiger partial charge in [-0.15, -0.1) is 0 Å². The minimum absolute atomic E-state index is 0.0467. The quantitative estimate of drug-likeness (QED) is 0.677. The lowest BCUT2D eigenvalue weighted by molar-refractivity contribution is -0.170. The molecule has 3 N–H and O–H groups in total. The molecule has 13 heavy (non-hydrogen) atoms. The number of alkyl halides is 3. The van der Waals surface area contributed by atoms with Gasteiger partial charge in [-0.05, 0) is 19.8 Å². The summed E-state index contributed by atoms with van der Waals surface area (Å²) in [5, 5.41) is 1.92. The predicted molar refractivity (Wildman–Crippen MR) is 39.8 cm³/mol. The molecule has 1 rings (SSSR count). The summed E-state index contributed by atoms with van der Waals surface area (Å²) in [4.78, 5) is 10.9. The van der Waals surface area contributed by atoms with Gasteiger partial charge in [0.2, 0.25) is 5.91 Å². The van der Waals surface area contributed by atoms with E-state index in [1.165, 1.54) is 6.92 Å². The van der Waals surface area contributed by atoms with E-state index < -0.39 is 23.7 Å². The van der Waals surface area contributed by atoms with E-state index >= 15 is 0 Å². The molecule has 1 atom stereocenters. The average Bonchev–Trinajstić information content (AvgIpc) is 2.66. The fourth-order valence-electron chi connectivity index (χ4n) is 0.954. The molecule has 1 fully saturated rings. The van der Waals surface area contributed by atoms with Crippen molar-refractivity contribution in [3.8, 4) is 0 Å². The second-order valence-electron chi connectivity index (χ2n) is 3.36. The van der Waals surface area contributed by atoms with E-state index in [2.05, 4.69) is 0 Å². The molecule has 1 aliphatic carbocycles. The van der Waals surface area contributed by atoms with Gasteiger partial charge in [-0.25, -0.2) is 0 Å². The first-order valence-electron chi connectivity index (χ1n) is 3.93. The van der Waals surface area contributed by atoms with Crippen molar-refractivity contribution < 1.29 is 18.0 Å². The summed E-state index contributed by atoms with van der Waals surface area (Å²) >= 11 is 0. The van der Waals surface area contributed by atoms with Gasteiger partial charge in [0.25, 0.3) is 0 Å². The Labute approximate surface area is 73.5 Å². The molecule has 0 aromatic rings. The molecule has 76 valence electrons. The van der Waals surface area contributed by atoms with E-state index in [9.17, 15) is 18.0 Å². The Bertz CT molecular complexity index is 220. The number of rotatable bonds is 2. The molecule has 1 aliphatic rings. The topological polar surface area (TPSA) is 55.1 Å². The molecular weight excluding hydrogens is 185 g/mol. The molecule has 0 unspecified atom stereocenters. The molecule has 0 spiro atoms. The summed E-state index contributed by atoms with van der Waals surface area (Å²) in [5.41, 5.74) is 3.15. The second kappa shape index (κ2) is 2.87. The van der Waals surface area contributed by atoms with Crippen LogP contribution in [0.15, 0.2) is 0 Å². The molecule has 1 saturated carbocycles. The standard InChI is InChI=1S/C7H11F3N2O/c1-4(11)5(13)12-6(2-3-6)7(8,9)10/h4H,2-3,11H2,1H3,(H,12,13)/t4-/m1/s1. The Morgan fingerprint density at radius 3 is 2.23 bits per heavy atom. The molecule has 1 amide bonds. The van der Waals surface area contributed by atoms with Crippen LogP contribution in [0.2, 0.25) is 0 Å². The van der Waals surface area contributed by atoms with Crippen molar-refractivity contribution in [2.75, 3.05) is 0 Å². The van der Waals surface area contributed by atoms with Gasteiger partial charge in [0, 0.05) is 0 Å². The van der Waals surface area contributed by atoms with Gasteiger partial charge in [-0.2, -0.15) is 13.2 Å². The third-order valence-electron chi connectivity index (χ3n) is 2.07. The third kappa shape index (κ3) is 1.93. The highest BCUT2D eigenvalue weighted by Crippen LogP contribution is 2.48. The number of hydrogen-bond donors (Lipinski definition) is 2. The van der Waals surface area contributed by atoms with Gasteiger partial charge >= 0.3 is 6.18 Å². The molecule has 0 aromatic carbocycles. The predicted octanol–water partition coefficient (Wildman–Crippen LogP) is 0.545. The van der Waals surface area contributed by atoms with Crippen LogP contribution in [0, 0.1) is 0 Å². The SMILES string of the molecule is C[C@@H](N)C(=O)NC1(C(F)(F)F)CC1. The highest BCUT2D eigenvalue weighted by molar-refractivity contribution is 5.82. The third-order valence-corrected chi connectivity index (χ3v) is 2.07. The maximum atomic E-state index is 12.3. The van der Waals surface area contributed by atoms with Crippen LogP contribution in [-0.2, 0) is 4.79 Å². The zero-order valence-corrected chi connectivity index (χ0v) is 7.11. The van der Waals surface area contributed by atoms with Crippen molar-refractivity contribution >= 4 is 5.91 Å². The monoisotopic (exact) mass is 196 g/mol. The van der Waals surface area contributed by atoms with E-state index in [-0.39, 0.29) is 12.8 Å². The van der Waals surface area contributed by atoms with Crippen molar-refractivity contribution in [1.29, 1.82) is 0 Å². The number of carbonyl (C=O) groups excluding carboxylic acids is 1. The number of hydrogen-bond acceptors (Lipinski definition) is 2. The van der Waals surface area contributed by atoms with E-state index in [0.717, 1.165) is 0 Å². The Kier molecular flexibility index (Phi) is 2.27. The van der Waals surface area contributed by atoms with Crippen LogP contribution < -0.4 is 11.1 Å². The summed E-state index contributed by atoms with van der Waals surface area (Å²) in [7, 11) is 0. The van der Waals surface area contributed by atoms with Crippen molar-refractivity contribution in [2.45, 2.75) is 37.5 Å². The molecule has 0 aromatic heterocycles. The van der Waals surface area contributed by atoms with E-state index in [4.69, 9.17) is 5.73 Å². The van der Waals surface area contributed by atoms with Gasteiger partial charge in [-0.3, -0.25) is 4.79 Å².